The van der Waals surface area contributed by atoms with Crippen molar-refractivity contribution < 1.29 is 19.7 Å². The summed E-state index contributed by atoms with van der Waals surface area (Å²) in [7, 11) is 1.15. The van der Waals surface area contributed by atoms with Crippen LogP contribution in [0.15, 0.2) is 36.5 Å². The third-order valence-electron chi connectivity index (χ3n) is 2.69. The molecule has 0 aliphatic carbocycles. The van der Waals surface area contributed by atoms with E-state index in [1.54, 1.807) is 6.07 Å². The van der Waals surface area contributed by atoms with Gasteiger partial charge >= 0.3 is 5.97 Å². The van der Waals surface area contributed by atoms with Gasteiger partial charge in [-0.15, -0.1) is 0 Å². The molecular weight excluding hydrogens is 234 g/mol. The molecule has 2 unspecified atom stereocenters. The van der Waals surface area contributed by atoms with Crippen LogP contribution in [0.2, 0.25) is 0 Å². The number of nitrogens with zero attached hydrogens (tertiary/aromatic N) is 1. The van der Waals surface area contributed by atoms with Crippen LogP contribution in [0.4, 0.5) is 0 Å². The number of aliphatic hydroxyl groups is 2. The molecule has 5 heteroatoms. The molecular formula is C13H13NO4. The molecule has 2 aromatic rings. The van der Waals surface area contributed by atoms with E-state index in [0.29, 0.717) is 5.56 Å². The smallest absolute Gasteiger partial charge is 0.337 e. The van der Waals surface area contributed by atoms with Gasteiger partial charge in [-0.25, -0.2) is 4.79 Å². The fraction of sp³-hybridized carbons (Fsp3) is 0.231. The average Bonchev–Trinajstić information content (AvgIpc) is 2.44. The molecule has 0 saturated heterocycles. The minimum Gasteiger partial charge on any atom is -0.467 e. The van der Waals surface area contributed by atoms with Crippen molar-refractivity contribution in [1.82, 2.24) is 4.98 Å². The van der Waals surface area contributed by atoms with Gasteiger partial charge in [-0.3, -0.25) is 4.98 Å². The van der Waals surface area contributed by atoms with Crippen LogP contribution in [0.5, 0.6) is 0 Å². The first-order chi connectivity index (χ1) is 8.63. The Hall–Kier alpha value is -1.98. The van der Waals surface area contributed by atoms with Crippen molar-refractivity contribution in [1.29, 1.82) is 0 Å². The number of aliphatic hydroxyl groups excluding tert-OH is 2. The summed E-state index contributed by atoms with van der Waals surface area (Å²) >= 11 is 0. The number of hydrogen-bond donors (Lipinski definition) is 2. The van der Waals surface area contributed by atoms with E-state index in [1.165, 1.54) is 6.20 Å². The quantitative estimate of drug-likeness (QED) is 0.784. The lowest BCUT2D eigenvalue weighted by Crippen LogP contribution is -2.29. The van der Waals surface area contributed by atoms with E-state index >= 15 is 0 Å². The average molecular weight is 247 g/mol. The fourth-order valence-electron chi connectivity index (χ4n) is 1.68. The van der Waals surface area contributed by atoms with Crippen molar-refractivity contribution in [3.63, 3.8) is 0 Å². The number of benzene rings is 1. The standard InChI is InChI=1S/C13H13NO4/c1-18-13(17)12(16)11(15)9-6-8-4-2-3-5-10(8)14-7-9/h2-7,11-12,15-16H,1H3. The predicted octanol–water partition coefficient (Wildman–Crippen LogP) is 0.802. The molecule has 0 spiro atoms. The summed E-state index contributed by atoms with van der Waals surface area (Å²) in [6, 6.07) is 9.05. The summed E-state index contributed by atoms with van der Waals surface area (Å²) in [6.07, 6.45) is -1.54. The van der Waals surface area contributed by atoms with Crippen molar-refractivity contribution in [2.45, 2.75) is 12.2 Å². The minimum absolute atomic E-state index is 0.367. The van der Waals surface area contributed by atoms with Gasteiger partial charge in [0.15, 0.2) is 6.10 Å². The lowest BCUT2D eigenvalue weighted by Gasteiger charge is -2.15. The summed E-state index contributed by atoms with van der Waals surface area (Å²) < 4.78 is 4.37. The molecule has 0 fully saturated rings. The van der Waals surface area contributed by atoms with Gasteiger partial charge in [-0.1, -0.05) is 18.2 Å². The number of aromatic nitrogens is 1. The molecule has 0 amide bonds. The predicted molar refractivity (Wildman–Crippen MR) is 64.7 cm³/mol. The number of carbonyl (C=O) groups excluding carboxylic acids is 1. The first-order valence-electron chi connectivity index (χ1n) is 5.42. The van der Waals surface area contributed by atoms with Gasteiger partial charge in [0.1, 0.15) is 6.10 Å². The van der Waals surface area contributed by atoms with Crippen LogP contribution in [0.1, 0.15) is 11.7 Å². The number of rotatable bonds is 3. The zero-order valence-electron chi connectivity index (χ0n) is 9.78. The van der Waals surface area contributed by atoms with E-state index in [9.17, 15) is 15.0 Å². The first-order valence-corrected chi connectivity index (χ1v) is 5.42. The summed E-state index contributed by atoms with van der Waals surface area (Å²) in [5.41, 5.74) is 1.15. The lowest BCUT2D eigenvalue weighted by atomic mass is 10.0. The molecule has 18 heavy (non-hydrogen) atoms. The Kier molecular flexibility index (Phi) is 3.55. The number of hydrogen-bond acceptors (Lipinski definition) is 5. The van der Waals surface area contributed by atoms with Crippen LogP contribution in [0.3, 0.4) is 0 Å². The zero-order valence-corrected chi connectivity index (χ0v) is 9.78. The van der Waals surface area contributed by atoms with Gasteiger partial charge in [-0.2, -0.15) is 0 Å². The first kappa shape index (κ1) is 12.5. The Labute approximate surface area is 104 Å². The minimum atomic E-state index is -1.61. The van der Waals surface area contributed by atoms with E-state index in [1.807, 2.05) is 24.3 Å². The van der Waals surface area contributed by atoms with Crippen LogP contribution in [0.25, 0.3) is 10.9 Å². The van der Waals surface area contributed by atoms with E-state index < -0.39 is 18.2 Å². The maximum atomic E-state index is 11.1. The second-order valence-corrected chi connectivity index (χ2v) is 3.87. The Bertz CT molecular complexity index is 570. The molecule has 0 aliphatic rings. The molecule has 94 valence electrons. The van der Waals surface area contributed by atoms with Crippen LogP contribution < -0.4 is 0 Å². The fourth-order valence-corrected chi connectivity index (χ4v) is 1.68. The van der Waals surface area contributed by atoms with Crippen molar-refractivity contribution in [3.05, 3.63) is 42.1 Å². The molecule has 2 N–H and O–H groups in total. The summed E-state index contributed by atoms with van der Waals surface area (Å²) in [4.78, 5) is 15.3. The van der Waals surface area contributed by atoms with Gasteiger partial charge in [0.25, 0.3) is 0 Å². The van der Waals surface area contributed by atoms with Gasteiger partial charge in [0.2, 0.25) is 0 Å². The summed E-state index contributed by atoms with van der Waals surface area (Å²) in [5, 5.41) is 20.2. The number of ether oxygens (including phenoxy) is 1. The summed E-state index contributed by atoms with van der Waals surface area (Å²) in [5.74, 6) is -0.879. The molecule has 1 aromatic heterocycles. The van der Waals surface area contributed by atoms with E-state index in [4.69, 9.17) is 0 Å². The Morgan fingerprint density at radius 3 is 2.78 bits per heavy atom. The van der Waals surface area contributed by atoms with Gasteiger partial charge in [0.05, 0.1) is 12.6 Å². The molecule has 1 heterocycles. The molecule has 5 nitrogen and oxygen atoms in total. The highest BCUT2D eigenvalue weighted by Crippen LogP contribution is 2.21. The Balaban J connectivity index is 2.33. The monoisotopic (exact) mass is 247 g/mol. The molecule has 0 bridgehead atoms. The highest BCUT2D eigenvalue weighted by molar-refractivity contribution is 5.79. The topological polar surface area (TPSA) is 79.7 Å². The lowest BCUT2D eigenvalue weighted by molar-refractivity contribution is -0.156. The van der Waals surface area contributed by atoms with E-state index in [2.05, 4.69) is 9.72 Å². The molecule has 0 aliphatic heterocycles. The van der Waals surface area contributed by atoms with Crippen LogP contribution in [0, 0.1) is 0 Å². The number of carbonyl (C=O) groups is 1. The highest BCUT2D eigenvalue weighted by atomic mass is 16.5. The van der Waals surface area contributed by atoms with Crippen molar-refractivity contribution in [2.24, 2.45) is 0 Å². The molecule has 0 saturated carbocycles. The molecule has 2 atom stereocenters. The molecule has 2 rings (SSSR count). The number of fused-ring (bicyclic) bond motifs is 1. The van der Waals surface area contributed by atoms with Crippen LogP contribution >= 0.6 is 0 Å². The molecule has 0 radical (unpaired) electrons. The highest BCUT2D eigenvalue weighted by Gasteiger charge is 2.26. The molecule has 1 aromatic carbocycles. The second kappa shape index (κ2) is 5.12. The maximum absolute atomic E-state index is 11.1. The maximum Gasteiger partial charge on any atom is 0.337 e. The van der Waals surface area contributed by atoms with E-state index in [0.717, 1.165) is 18.0 Å². The number of pyridine rings is 1. The summed E-state index contributed by atoms with van der Waals surface area (Å²) in [6.45, 7) is 0. The van der Waals surface area contributed by atoms with Crippen molar-refractivity contribution in [3.8, 4) is 0 Å². The van der Waals surface area contributed by atoms with Crippen molar-refractivity contribution in [2.75, 3.05) is 7.11 Å². The van der Waals surface area contributed by atoms with Crippen LogP contribution in [-0.4, -0.2) is 34.4 Å². The number of methoxy groups -OCH3 is 1. The van der Waals surface area contributed by atoms with Crippen molar-refractivity contribution >= 4 is 16.9 Å². The SMILES string of the molecule is COC(=O)C(O)C(O)c1cnc2ccccc2c1. The third-order valence-corrected chi connectivity index (χ3v) is 2.69. The van der Waals surface area contributed by atoms with E-state index in [-0.39, 0.29) is 0 Å². The Morgan fingerprint density at radius 1 is 1.33 bits per heavy atom. The van der Waals surface area contributed by atoms with Gasteiger partial charge in [0, 0.05) is 17.1 Å². The third kappa shape index (κ3) is 2.32. The van der Waals surface area contributed by atoms with Crippen LogP contribution in [-0.2, 0) is 9.53 Å². The zero-order chi connectivity index (χ0) is 13.1. The van der Waals surface area contributed by atoms with Gasteiger partial charge in [-0.05, 0) is 12.1 Å². The Morgan fingerprint density at radius 2 is 2.06 bits per heavy atom. The largest absolute Gasteiger partial charge is 0.467 e. The number of esters is 1. The second-order valence-electron chi connectivity index (χ2n) is 3.87. The van der Waals surface area contributed by atoms with Gasteiger partial charge < -0.3 is 14.9 Å². The normalized spacial score (nSPS) is 14.2. The number of para-hydroxylation sites is 1.